The predicted octanol–water partition coefficient (Wildman–Crippen LogP) is 1.09. The normalized spacial score (nSPS) is 36.8. The van der Waals surface area contributed by atoms with Crippen molar-refractivity contribution < 1.29 is 0 Å². The monoisotopic (exact) mass is 175 g/mol. The zero-order chi connectivity index (χ0) is 8.73. The van der Waals surface area contributed by atoms with Gasteiger partial charge in [-0.25, -0.2) is 0 Å². The molecule has 2 atom stereocenters. The van der Waals surface area contributed by atoms with Gasteiger partial charge in [0, 0.05) is 30.0 Å². The minimum atomic E-state index is 0.413. The zero-order valence-corrected chi connectivity index (χ0v) is 7.53. The molecule has 2 unspecified atom stereocenters. The van der Waals surface area contributed by atoms with E-state index in [1.807, 2.05) is 6.20 Å². The molecule has 1 saturated carbocycles. The van der Waals surface area contributed by atoms with Crippen LogP contribution in [0.25, 0.3) is 0 Å². The second-order valence-corrected chi connectivity index (χ2v) is 4.07. The molecule has 2 fully saturated rings. The Bertz CT molecular complexity index is 303. The number of hydrogen-bond acceptors (Lipinski definition) is 3. The Balaban J connectivity index is 1.83. The highest BCUT2D eigenvalue weighted by Gasteiger charge is 2.56. The Hall–Kier alpha value is -0.960. The van der Waals surface area contributed by atoms with Gasteiger partial charge in [0.2, 0.25) is 0 Å². The van der Waals surface area contributed by atoms with Crippen molar-refractivity contribution in [3.05, 3.63) is 24.3 Å². The molecular formula is C10H13N3. The van der Waals surface area contributed by atoms with Crippen LogP contribution in [0.1, 0.15) is 30.9 Å². The summed E-state index contributed by atoms with van der Waals surface area (Å²) in [5.74, 6) is 0.628. The van der Waals surface area contributed by atoms with Crippen molar-refractivity contribution in [1.82, 2.24) is 15.3 Å². The van der Waals surface area contributed by atoms with Crippen molar-refractivity contribution in [2.75, 3.05) is 6.54 Å². The summed E-state index contributed by atoms with van der Waals surface area (Å²) in [4.78, 5) is 8.47. The Morgan fingerprint density at radius 3 is 3.15 bits per heavy atom. The molecule has 1 aromatic rings. The van der Waals surface area contributed by atoms with Gasteiger partial charge in [-0.15, -0.1) is 0 Å². The Morgan fingerprint density at radius 1 is 1.46 bits per heavy atom. The predicted molar refractivity (Wildman–Crippen MR) is 49.4 cm³/mol. The van der Waals surface area contributed by atoms with Crippen molar-refractivity contribution in [2.45, 2.75) is 30.7 Å². The SMILES string of the molecule is c1cnc(C2CC23CCCN3)cn1. The van der Waals surface area contributed by atoms with E-state index in [0.29, 0.717) is 11.5 Å². The molecule has 2 aliphatic rings. The highest BCUT2D eigenvalue weighted by molar-refractivity contribution is 5.28. The first kappa shape index (κ1) is 7.44. The fourth-order valence-electron chi connectivity index (χ4n) is 2.48. The zero-order valence-electron chi connectivity index (χ0n) is 7.53. The maximum atomic E-state index is 4.36. The summed E-state index contributed by atoms with van der Waals surface area (Å²) in [7, 11) is 0. The van der Waals surface area contributed by atoms with Crippen LogP contribution < -0.4 is 5.32 Å². The van der Waals surface area contributed by atoms with E-state index >= 15 is 0 Å². The molecule has 3 nitrogen and oxygen atoms in total. The van der Waals surface area contributed by atoms with Gasteiger partial charge in [-0.3, -0.25) is 9.97 Å². The lowest BCUT2D eigenvalue weighted by Crippen LogP contribution is -2.25. The van der Waals surface area contributed by atoms with Crippen LogP contribution in [0, 0.1) is 0 Å². The third-order valence-corrected chi connectivity index (χ3v) is 3.29. The number of aromatic nitrogens is 2. The van der Waals surface area contributed by atoms with Crippen LogP contribution in [0.4, 0.5) is 0 Å². The number of nitrogens with one attached hydrogen (secondary N) is 1. The maximum absolute atomic E-state index is 4.36. The molecule has 1 aromatic heterocycles. The van der Waals surface area contributed by atoms with E-state index < -0.39 is 0 Å². The van der Waals surface area contributed by atoms with E-state index in [-0.39, 0.29) is 0 Å². The molecule has 0 radical (unpaired) electrons. The smallest absolute Gasteiger partial charge is 0.0636 e. The highest BCUT2D eigenvalue weighted by atomic mass is 15.1. The minimum Gasteiger partial charge on any atom is -0.311 e. The number of hydrogen-bond donors (Lipinski definition) is 1. The first-order valence-electron chi connectivity index (χ1n) is 4.92. The fourth-order valence-corrected chi connectivity index (χ4v) is 2.48. The summed E-state index contributed by atoms with van der Waals surface area (Å²) in [5, 5.41) is 3.59. The second-order valence-electron chi connectivity index (χ2n) is 4.07. The first-order valence-corrected chi connectivity index (χ1v) is 4.92. The standard InChI is InChI=1S/C10H13N3/c1-2-10(13-3-1)6-8(10)9-7-11-4-5-12-9/h4-5,7-8,13H,1-3,6H2. The van der Waals surface area contributed by atoms with Crippen LogP contribution in [0.2, 0.25) is 0 Å². The van der Waals surface area contributed by atoms with Gasteiger partial charge in [-0.2, -0.15) is 0 Å². The molecule has 1 N–H and O–H groups in total. The molecule has 1 spiro atoms. The van der Waals surface area contributed by atoms with Crippen LogP contribution >= 0.6 is 0 Å². The average molecular weight is 175 g/mol. The molecule has 2 heterocycles. The third-order valence-electron chi connectivity index (χ3n) is 3.29. The number of nitrogens with zero attached hydrogens (tertiary/aromatic N) is 2. The first-order chi connectivity index (χ1) is 6.41. The summed E-state index contributed by atoms with van der Waals surface area (Å²) in [6.07, 6.45) is 9.31. The van der Waals surface area contributed by atoms with Crippen LogP contribution in [-0.2, 0) is 0 Å². The van der Waals surface area contributed by atoms with Gasteiger partial charge in [-0.05, 0) is 25.8 Å². The van der Waals surface area contributed by atoms with Crippen molar-refractivity contribution in [2.24, 2.45) is 0 Å². The largest absolute Gasteiger partial charge is 0.311 e. The van der Waals surface area contributed by atoms with Crippen LogP contribution in [0.5, 0.6) is 0 Å². The van der Waals surface area contributed by atoms with Crippen LogP contribution in [0.15, 0.2) is 18.6 Å². The molecule has 68 valence electrons. The lowest BCUT2D eigenvalue weighted by Gasteiger charge is -2.07. The van der Waals surface area contributed by atoms with Crippen molar-refractivity contribution in [3.8, 4) is 0 Å². The molecule has 1 saturated heterocycles. The van der Waals surface area contributed by atoms with E-state index in [2.05, 4.69) is 15.3 Å². The summed E-state index contributed by atoms with van der Waals surface area (Å²) < 4.78 is 0. The molecule has 0 bridgehead atoms. The van der Waals surface area contributed by atoms with E-state index in [4.69, 9.17) is 0 Å². The summed E-state index contributed by atoms with van der Waals surface area (Å²) in [6.45, 7) is 1.18. The van der Waals surface area contributed by atoms with Gasteiger partial charge in [0.15, 0.2) is 0 Å². The average Bonchev–Trinajstić information content (AvgIpc) is 2.66. The molecule has 1 aliphatic carbocycles. The van der Waals surface area contributed by atoms with E-state index in [9.17, 15) is 0 Å². The van der Waals surface area contributed by atoms with Gasteiger partial charge >= 0.3 is 0 Å². The van der Waals surface area contributed by atoms with Gasteiger partial charge < -0.3 is 5.32 Å². The minimum absolute atomic E-state index is 0.413. The lowest BCUT2D eigenvalue weighted by atomic mass is 10.1. The Morgan fingerprint density at radius 2 is 2.46 bits per heavy atom. The van der Waals surface area contributed by atoms with E-state index in [0.717, 1.165) is 5.69 Å². The van der Waals surface area contributed by atoms with E-state index in [1.165, 1.54) is 25.8 Å². The summed E-state index contributed by atoms with van der Waals surface area (Å²) in [5.41, 5.74) is 1.58. The van der Waals surface area contributed by atoms with Crippen molar-refractivity contribution in [1.29, 1.82) is 0 Å². The maximum Gasteiger partial charge on any atom is 0.0636 e. The summed E-state index contributed by atoms with van der Waals surface area (Å²) >= 11 is 0. The molecule has 3 heteroatoms. The molecule has 0 amide bonds. The molecule has 1 aliphatic heterocycles. The van der Waals surface area contributed by atoms with Crippen molar-refractivity contribution in [3.63, 3.8) is 0 Å². The fraction of sp³-hybridized carbons (Fsp3) is 0.600. The summed E-state index contributed by atoms with van der Waals surface area (Å²) in [6, 6.07) is 0. The Kier molecular flexibility index (Phi) is 1.44. The van der Waals surface area contributed by atoms with Crippen molar-refractivity contribution >= 4 is 0 Å². The van der Waals surface area contributed by atoms with Gasteiger partial charge in [0.25, 0.3) is 0 Å². The Labute approximate surface area is 77.6 Å². The lowest BCUT2D eigenvalue weighted by molar-refractivity contribution is 0.574. The topological polar surface area (TPSA) is 37.8 Å². The van der Waals surface area contributed by atoms with Gasteiger partial charge in [0.05, 0.1) is 5.69 Å². The third kappa shape index (κ3) is 1.07. The van der Waals surface area contributed by atoms with Crippen LogP contribution in [-0.4, -0.2) is 22.1 Å². The molecular weight excluding hydrogens is 162 g/mol. The quantitative estimate of drug-likeness (QED) is 0.694. The number of rotatable bonds is 1. The second kappa shape index (κ2) is 2.51. The molecule has 0 aromatic carbocycles. The van der Waals surface area contributed by atoms with Gasteiger partial charge in [0.1, 0.15) is 0 Å². The highest BCUT2D eigenvalue weighted by Crippen LogP contribution is 2.55. The molecule has 3 rings (SSSR count). The molecule has 13 heavy (non-hydrogen) atoms. The van der Waals surface area contributed by atoms with Crippen LogP contribution in [0.3, 0.4) is 0 Å². The van der Waals surface area contributed by atoms with E-state index in [1.54, 1.807) is 12.4 Å². The van der Waals surface area contributed by atoms with Gasteiger partial charge in [-0.1, -0.05) is 0 Å².